The van der Waals surface area contributed by atoms with Crippen molar-refractivity contribution in [3.63, 3.8) is 0 Å². The highest BCUT2D eigenvalue weighted by molar-refractivity contribution is 6.30. The van der Waals surface area contributed by atoms with Gasteiger partial charge in [0.15, 0.2) is 11.2 Å². The van der Waals surface area contributed by atoms with Crippen LogP contribution in [0.4, 0.5) is 10.3 Å². The molecule has 0 aliphatic heterocycles. The summed E-state index contributed by atoms with van der Waals surface area (Å²) in [6.45, 7) is 0. The van der Waals surface area contributed by atoms with Crippen LogP contribution in [0.1, 0.15) is 0 Å². The smallest absolute Gasteiger partial charge is 0.280 e. The van der Waals surface area contributed by atoms with Gasteiger partial charge in [0.1, 0.15) is 11.6 Å². The Bertz CT molecular complexity index is 885. The lowest BCUT2D eigenvalue weighted by atomic mass is 10.2. The first-order valence-electron chi connectivity index (χ1n) is 5.65. The van der Waals surface area contributed by atoms with Crippen LogP contribution in [0.2, 0.25) is 5.02 Å². The average Bonchev–Trinajstić information content (AvgIpc) is 2.83. The van der Waals surface area contributed by atoms with Crippen molar-refractivity contribution >= 4 is 28.7 Å². The first-order valence-corrected chi connectivity index (χ1v) is 6.03. The van der Waals surface area contributed by atoms with Crippen molar-refractivity contribution in [2.45, 2.75) is 0 Å². The number of rotatable bonds is 1. The maximum absolute atomic E-state index is 13.5. The van der Waals surface area contributed by atoms with Gasteiger partial charge in [-0.25, -0.2) is 9.37 Å². The van der Waals surface area contributed by atoms with Gasteiger partial charge in [0.25, 0.3) is 5.56 Å². The fourth-order valence-corrected chi connectivity index (χ4v) is 1.95. The number of nitrogens with one attached hydrogen (secondary N) is 1. The minimum absolute atomic E-state index is 0.0168. The number of nitrogens with two attached hydrogens (primary N) is 1. The van der Waals surface area contributed by atoms with Crippen molar-refractivity contribution in [1.29, 1.82) is 0 Å². The van der Waals surface area contributed by atoms with Gasteiger partial charge in [-0.1, -0.05) is 11.6 Å². The Morgan fingerprint density at radius 2 is 2.15 bits per heavy atom. The summed E-state index contributed by atoms with van der Waals surface area (Å²) in [5.74, 6) is -0.182. The summed E-state index contributed by atoms with van der Waals surface area (Å²) in [6, 6.07) is 4.24. The summed E-state index contributed by atoms with van der Waals surface area (Å²) >= 11 is 5.63. The number of anilines is 1. The third-order valence-corrected chi connectivity index (χ3v) is 3.27. The molecule has 1 aromatic carbocycles. The normalized spacial score (nSPS) is 11.2. The van der Waals surface area contributed by atoms with Gasteiger partial charge >= 0.3 is 0 Å². The molecule has 0 radical (unpaired) electrons. The van der Waals surface area contributed by atoms with Gasteiger partial charge in [-0.05, 0) is 18.2 Å². The molecular formula is C12H9ClFN5O. The number of nitrogens with zero attached hydrogens (tertiary/aromatic N) is 3. The quantitative estimate of drug-likeness (QED) is 0.714. The van der Waals surface area contributed by atoms with Gasteiger partial charge in [0.05, 0.1) is 5.02 Å². The van der Waals surface area contributed by atoms with Crippen LogP contribution in [-0.2, 0) is 7.05 Å². The van der Waals surface area contributed by atoms with Crippen molar-refractivity contribution in [2.24, 2.45) is 7.05 Å². The zero-order valence-corrected chi connectivity index (χ0v) is 11.1. The van der Waals surface area contributed by atoms with Gasteiger partial charge in [-0.15, -0.1) is 0 Å². The Kier molecular flexibility index (Phi) is 2.72. The SMILES string of the molecule is Cn1c(N)nc2nc(-c3ccc(Cl)c(F)c3)[nH]c2c1=O. The number of hydrogen-bond donors (Lipinski definition) is 2. The van der Waals surface area contributed by atoms with E-state index in [1.807, 2.05) is 0 Å². The van der Waals surface area contributed by atoms with Crippen LogP contribution in [0.25, 0.3) is 22.6 Å². The summed E-state index contributed by atoms with van der Waals surface area (Å²) in [7, 11) is 1.51. The minimum atomic E-state index is -0.565. The Balaban J connectivity index is 2.25. The molecule has 20 heavy (non-hydrogen) atoms. The lowest BCUT2D eigenvalue weighted by molar-refractivity contribution is 0.628. The molecule has 0 unspecified atom stereocenters. The van der Waals surface area contributed by atoms with E-state index in [1.54, 1.807) is 6.07 Å². The maximum atomic E-state index is 13.5. The van der Waals surface area contributed by atoms with Crippen LogP contribution in [0.3, 0.4) is 0 Å². The van der Waals surface area contributed by atoms with Crippen molar-refractivity contribution < 1.29 is 4.39 Å². The van der Waals surface area contributed by atoms with E-state index < -0.39 is 5.82 Å². The van der Waals surface area contributed by atoms with E-state index in [9.17, 15) is 9.18 Å². The second-order valence-electron chi connectivity index (χ2n) is 4.25. The van der Waals surface area contributed by atoms with Crippen molar-refractivity contribution in [1.82, 2.24) is 19.5 Å². The fraction of sp³-hybridized carbons (Fsp3) is 0.0833. The van der Waals surface area contributed by atoms with Crippen LogP contribution in [0, 0.1) is 5.82 Å². The summed E-state index contributed by atoms with van der Waals surface area (Å²) in [6.07, 6.45) is 0. The molecule has 8 heteroatoms. The summed E-state index contributed by atoms with van der Waals surface area (Å²) < 4.78 is 14.7. The Labute approximate surface area is 117 Å². The van der Waals surface area contributed by atoms with E-state index in [-0.39, 0.29) is 27.7 Å². The van der Waals surface area contributed by atoms with E-state index in [0.717, 1.165) is 0 Å². The Morgan fingerprint density at radius 3 is 2.85 bits per heavy atom. The zero-order chi connectivity index (χ0) is 14.4. The third-order valence-electron chi connectivity index (χ3n) is 2.96. The van der Waals surface area contributed by atoms with Crippen LogP contribution in [0.15, 0.2) is 23.0 Å². The number of nitrogen functional groups attached to an aromatic ring is 1. The molecule has 102 valence electrons. The topological polar surface area (TPSA) is 89.6 Å². The van der Waals surface area contributed by atoms with Crippen LogP contribution in [-0.4, -0.2) is 19.5 Å². The van der Waals surface area contributed by atoms with Crippen LogP contribution < -0.4 is 11.3 Å². The second kappa shape index (κ2) is 4.31. The third kappa shape index (κ3) is 1.83. The van der Waals surface area contributed by atoms with Gasteiger partial charge < -0.3 is 10.7 Å². The molecule has 3 N–H and O–H groups in total. The number of halogens is 2. The maximum Gasteiger partial charge on any atom is 0.280 e. The number of hydrogen-bond acceptors (Lipinski definition) is 4. The fourth-order valence-electron chi connectivity index (χ4n) is 1.83. The molecule has 0 saturated heterocycles. The van der Waals surface area contributed by atoms with E-state index in [1.165, 1.54) is 23.7 Å². The summed E-state index contributed by atoms with van der Waals surface area (Å²) in [5, 5.41) is 0.0168. The van der Waals surface area contributed by atoms with Crippen LogP contribution >= 0.6 is 11.6 Å². The highest BCUT2D eigenvalue weighted by Crippen LogP contribution is 2.23. The molecule has 0 amide bonds. The monoisotopic (exact) mass is 293 g/mol. The van der Waals surface area contributed by atoms with Gasteiger partial charge in [-0.2, -0.15) is 4.98 Å². The number of benzene rings is 1. The molecule has 0 aliphatic carbocycles. The second-order valence-corrected chi connectivity index (χ2v) is 4.65. The molecule has 0 saturated carbocycles. The number of aromatic amines is 1. The predicted molar refractivity (Wildman–Crippen MR) is 73.9 cm³/mol. The van der Waals surface area contributed by atoms with E-state index in [0.29, 0.717) is 11.4 Å². The van der Waals surface area contributed by atoms with Gasteiger partial charge in [0.2, 0.25) is 5.95 Å². The van der Waals surface area contributed by atoms with Crippen LogP contribution in [0.5, 0.6) is 0 Å². The van der Waals surface area contributed by atoms with Gasteiger partial charge in [0, 0.05) is 12.6 Å². The molecular weight excluding hydrogens is 285 g/mol. The minimum Gasteiger partial charge on any atom is -0.369 e. The molecule has 3 aromatic rings. The first kappa shape index (κ1) is 12.6. The van der Waals surface area contributed by atoms with E-state index in [2.05, 4.69) is 15.0 Å². The molecule has 0 bridgehead atoms. The van der Waals surface area contributed by atoms with Crippen molar-refractivity contribution in [2.75, 3.05) is 5.73 Å². The molecule has 0 spiro atoms. The number of imidazole rings is 1. The van der Waals surface area contributed by atoms with Crippen molar-refractivity contribution in [3.8, 4) is 11.4 Å². The molecule has 2 aromatic heterocycles. The number of aromatic nitrogens is 4. The van der Waals surface area contributed by atoms with Gasteiger partial charge in [-0.3, -0.25) is 9.36 Å². The Morgan fingerprint density at radius 1 is 1.40 bits per heavy atom. The lowest BCUT2D eigenvalue weighted by Crippen LogP contribution is -2.21. The zero-order valence-electron chi connectivity index (χ0n) is 10.3. The standard InChI is InChI=1S/C12H9ClFN5O/c1-19-11(20)8-10(18-12(19)15)17-9(16-8)5-2-3-6(13)7(14)4-5/h2-4H,1H3,(H2,15,18)(H,16,17). The highest BCUT2D eigenvalue weighted by Gasteiger charge is 2.13. The molecule has 3 rings (SSSR count). The molecule has 0 aliphatic rings. The number of H-pyrrole nitrogens is 1. The molecule has 6 nitrogen and oxygen atoms in total. The molecule has 0 atom stereocenters. The average molecular weight is 294 g/mol. The predicted octanol–water partition coefficient (Wildman–Crippen LogP) is 1.70. The largest absolute Gasteiger partial charge is 0.369 e. The van der Waals surface area contributed by atoms with E-state index >= 15 is 0 Å². The Hall–Kier alpha value is -2.41. The lowest BCUT2D eigenvalue weighted by Gasteiger charge is -1.99. The summed E-state index contributed by atoms with van der Waals surface area (Å²) in [4.78, 5) is 23.0. The molecule has 0 fully saturated rings. The number of fused-ring (bicyclic) bond motifs is 1. The molecule has 2 heterocycles. The summed E-state index contributed by atoms with van der Waals surface area (Å²) in [5.41, 5.74) is 6.12. The van der Waals surface area contributed by atoms with E-state index in [4.69, 9.17) is 17.3 Å². The first-order chi connectivity index (χ1) is 9.47. The highest BCUT2D eigenvalue weighted by atomic mass is 35.5. The van der Waals surface area contributed by atoms with Crippen molar-refractivity contribution in [3.05, 3.63) is 39.4 Å².